The smallest absolute Gasteiger partial charge is 0.277 e. The van der Waals surface area contributed by atoms with E-state index in [0.29, 0.717) is 5.02 Å². The number of ether oxygens (including phenoxy) is 1. The fourth-order valence-electron chi connectivity index (χ4n) is 2.09. The lowest BCUT2D eigenvalue weighted by atomic mass is 10.1. The predicted molar refractivity (Wildman–Crippen MR) is 93.3 cm³/mol. The molecular formula is C18H19ClN2O2. The molecule has 1 N–H and O–H groups in total. The molecule has 2 aromatic rings. The number of hydrogen-bond acceptors (Lipinski definition) is 3. The molecule has 0 aliphatic rings. The quantitative estimate of drug-likeness (QED) is 0.669. The highest BCUT2D eigenvalue weighted by Gasteiger charge is 2.06. The van der Waals surface area contributed by atoms with Gasteiger partial charge in [0, 0.05) is 5.02 Å². The molecule has 2 aromatic carbocycles. The Balaban J connectivity index is 1.88. The fourth-order valence-corrected chi connectivity index (χ4v) is 2.29. The summed E-state index contributed by atoms with van der Waals surface area (Å²) in [5.74, 6) is 0.401. The minimum absolute atomic E-state index is 0.0867. The number of halogens is 1. The van der Waals surface area contributed by atoms with Gasteiger partial charge in [0.15, 0.2) is 6.61 Å². The van der Waals surface area contributed by atoms with Crippen LogP contribution in [-0.2, 0) is 4.79 Å². The molecule has 4 nitrogen and oxygen atoms in total. The second-order valence-electron chi connectivity index (χ2n) is 5.34. The zero-order valence-electron chi connectivity index (χ0n) is 13.4. The van der Waals surface area contributed by atoms with Crippen LogP contribution >= 0.6 is 11.6 Å². The lowest BCUT2D eigenvalue weighted by molar-refractivity contribution is -0.123. The van der Waals surface area contributed by atoms with Crippen LogP contribution in [0.2, 0.25) is 5.02 Å². The topological polar surface area (TPSA) is 50.7 Å². The van der Waals surface area contributed by atoms with Gasteiger partial charge in [-0.3, -0.25) is 4.79 Å². The number of aryl methyl sites for hydroxylation is 2. The molecule has 1 amide bonds. The van der Waals surface area contributed by atoms with E-state index in [0.717, 1.165) is 28.0 Å². The Morgan fingerprint density at radius 2 is 2.04 bits per heavy atom. The standard InChI is InChI=1S/C18H19ClN2O2/c1-12-7-13(2)14(3)17(8-12)23-11-18(22)21-20-10-15-5-4-6-16(19)9-15/h4-10H,11H2,1-3H3,(H,21,22)/b20-10+. The Morgan fingerprint density at radius 1 is 1.26 bits per heavy atom. The SMILES string of the molecule is Cc1cc(C)c(C)c(OCC(=O)N/N=C/c2cccc(Cl)c2)c1. The lowest BCUT2D eigenvalue weighted by Crippen LogP contribution is -2.24. The number of benzene rings is 2. The average molecular weight is 331 g/mol. The van der Waals surface area contributed by atoms with Gasteiger partial charge in [-0.1, -0.05) is 29.8 Å². The first kappa shape index (κ1) is 17.0. The first-order valence-electron chi connectivity index (χ1n) is 7.24. The summed E-state index contributed by atoms with van der Waals surface area (Å²) in [5, 5.41) is 4.51. The van der Waals surface area contributed by atoms with E-state index in [2.05, 4.69) is 16.6 Å². The zero-order chi connectivity index (χ0) is 16.8. The number of carbonyl (C=O) groups is 1. The molecule has 5 heteroatoms. The van der Waals surface area contributed by atoms with Crippen LogP contribution in [0.5, 0.6) is 5.75 Å². The minimum Gasteiger partial charge on any atom is -0.483 e. The maximum absolute atomic E-state index is 11.8. The summed E-state index contributed by atoms with van der Waals surface area (Å²) in [5.41, 5.74) is 6.51. The van der Waals surface area contributed by atoms with Crippen molar-refractivity contribution < 1.29 is 9.53 Å². The molecule has 0 spiro atoms. The Labute approximate surface area is 141 Å². The highest BCUT2D eigenvalue weighted by atomic mass is 35.5. The number of carbonyl (C=O) groups excluding carboxylic acids is 1. The van der Waals surface area contributed by atoms with Gasteiger partial charge < -0.3 is 4.74 Å². The van der Waals surface area contributed by atoms with Gasteiger partial charge in [-0.15, -0.1) is 0 Å². The van der Waals surface area contributed by atoms with E-state index in [9.17, 15) is 4.79 Å². The largest absolute Gasteiger partial charge is 0.483 e. The molecule has 120 valence electrons. The van der Waals surface area contributed by atoms with Gasteiger partial charge in [0.25, 0.3) is 5.91 Å². The summed E-state index contributed by atoms with van der Waals surface area (Å²) >= 11 is 5.88. The third-order valence-corrected chi connectivity index (χ3v) is 3.61. The van der Waals surface area contributed by atoms with Gasteiger partial charge in [-0.2, -0.15) is 5.10 Å². The molecule has 0 atom stereocenters. The fraction of sp³-hybridized carbons (Fsp3) is 0.222. The molecule has 0 aliphatic heterocycles. The van der Waals surface area contributed by atoms with E-state index < -0.39 is 0 Å². The summed E-state index contributed by atoms with van der Waals surface area (Å²) in [7, 11) is 0. The van der Waals surface area contributed by atoms with Gasteiger partial charge in [-0.05, 0) is 61.2 Å². The Bertz CT molecular complexity index is 742. The second-order valence-corrected chi connectivity index (χ2v) is 5.78. The van der Waals surface area contributed by atoms with E-state index >= 15 is 0 Å². The number of nitrogens with zero attached hydrogens (tertiary/aromatic N) is 1. The second kappa shape index (κ2) is 7.79. The van der Waals surface area contributed by atoms with E-state index in [-0.39, 0.29) is 12.5 Å². The molecule has 0 aromatic heterocycles. The highest BCUT2D eigenvalue weighted by Crippen LogP contribution is 2.23. The summed E-state index contributed by atoms with van der Waals surface area (Å²) < 4.78 is 5.58. The maximum atomic E-state index is 11.8. The zero-order valence-corrected chi connectivity index (χ0v) is 14.1. The van der Waals surface area contributed by atoms with Crippen molar-refractivity contribution in [2.45, 2.75) is 20.8 Å². The van der Waals surface area contributed by atoms with Crippen LogP contribution in [0.15, 0.2) is 41.5 Å². The molecule has 0 unspecified atom stereocenters. The monoisotopic (exact) mass is 330 g/mol. The maximum Gasteiger partial charge on any atom is 0.277 e. The van der Waals surface area contributed by atoms with Crippen molar-refractivity contribution >= 4 is 23.7 Å². The van der Waals surface area contributed by atoms with Crippen LogP contribution in [0.1, 0.15) is 22.3 Å². The molecule has 0 saturated heterocycles. The molecule has 0 saturated carbocycles. The predicted octanol–water partition coefficient (Wildman–Crippen LogP) is 3.79. The molecule has 2 rings (SSSR count). The summed E-state index contributed by atoms with van der Waals surface area (Å²) in [6, 6.07) is 11.2. The molecule has 0 aliphatic carbocycles. The average Bonchev–Trinajstić information content (AvgIpc) is 2.49. The summed E-state index contributed by atoms with van der Waals surface area (Å²) in [6.07, 6.45) is 1.53. The normalized spacial score (nSPS) is 10.8. The molecular weight excluding hydrogens is 312 g/mol. The molecule has 0 bridgehead atoms. The lowest BCUT2D eigenvalue weighted by Gasteiger charge is -2.11. The number of hydrogen-bond donors (Lipinski definition) is 1. The Kier molecular flexibility index (Phi) is 5.77. The van der Waals surface area contributed by atoms with Crippen molar-refractivity contribution in [2.24, 2.45) is 5.10 Å². The molecule has 23 heavy (non-hydrogen) atoms. The van der Waals surface area contributed by atoms with Crippen LogP contribution in [0, 0.1) is 20.8 Å². The number of amides is 1. The van der Waals surface area contributed by atoms with Crippen LogP contribution in [0.3, 0.4) is 0 Å². The van der Waals surface area contributed by atoms with Crippen LogP contribution in [0.25, 0.3) is 0 Å². The van der Waals surface area contributed by atoms with E-state index in [1.807, 2.05) is 39.0 Å². The van der Waals surface area contributed by atoms with Crippen molar-refractivity contribution in [3.05, 3.63) is 63.7 Å². The first-order chi connectivity index (χ1) is 11.0. The number of nitrogens with one attached hydrogen (secondary N) is 1. The van der Waals surface area contributed by atoms with Gasteiger partial charge in [0.2, 0.25) is 0 Å². The number of hydrazone groups is 1. The number of rotatable bonds is 5. The Hall–Kier alpha value is -2.33. The highest BCUT2D eigenvalue weighted by molar-refractivity contribution is 6.30. The van der Waals surface area contributed by atoms with Crippen LogP contribution in [-0.4, -0.2) is 18.7 Å². The van der Waals surface area contributed by atoms with Gasteiger partial charge in [0.1, 0.15) is 5.75 Å². The molecule has 0 radical (unpaired) electrons. The third kappa shape index (κ3) is 5.11. The summed E-state index contributed by atoms with van der Waals surface area (Å²) in [6.45, 7) is 5.90. The van der Waals surface area contributed by atoms with E-state index in [4.69, 9.17) is 16.3 Å². The van der Waals surface area contributed by atoms with Gasteiger partial charge in [0.05, 0.1) is 6.21 Å². The van der Waals surface area contributed by atoms with Crippen LogP contribution < -0.4 is 10.2 Å². The van der Waals surface area contributed by atoms with Crippen molar-refractivity contribution in [1.29, 1.82) is 0 Å². The first-order valence-corrected chi connectivity index (χ1v) is 7.61. The summed E-state index contributed by atoms with van der Waals surface area (Å²) in [4.78, 5) is 11.8. The van der Waals surface area contributed by atoms with Gasteiger partial charge >= 0.3 is 0 Å². The van der Waals surface area contributed by atoms with Crippen molar-refractivity contribution in [2.75, 3.05) is 6.61 Å². The van der Waals surface area contributed by atoms with Crippen LogP contribution in [0.4, 0.5) is 0 Å². The van der Waals surface area contributed by atoms with Gasteiger partial charge in [-0.25, -0.2) is 5.43 Å². The van der Waals surface area contributed by atoms with E-state index in [1.54, 1.807) is 12.1 Å². The minimum atomic E-state index is -0.318. The van der Waals surface area contributed by atoms with Crippen molar-refractivity contribution in [3.63, 3.8) is 0 Å². The van der Waals surface area contributed by atoms with Crippen molar-refractivity contribution in [3.8, 4) is 5.75 Å². The molecule has 0 fully saturated rings. The third-order valence-electron chi connectivity index (χ3n) is 3.37. The van der Waals surface area contributed by atoms with E-state index in [1.165, 1.54) is 6.21 Å². The van der Waals surface area contributed by atoms with Crippen molar-refractivity contribution in [1.82, 2.24) is 5.43 Å². The Morgan fingerprint density at radius 3 is 2.78 bits per heavy atom. The molecule has 0 heterocycles.